The summed E-state index contributed by atoms with van der Waals surface area (Å²) in [6.45, 7) is 5.64. The first-order chi connectivity index (χ1) is 12.9. The number of benzene rings is 2. The molecule has 5 heteroatoms. The molecule has 2 aromatic carbocycles. The van der Waals surface area contributed by atoms with Crippen LogP contribution in [-0.2, 0) is 4.79 Å². The maximum atomic E-state index is 13.1. The van der Waals surface area contributed by atoms with Crippen molar-refractivity contribution in [3.8, 4) is 0 Å². The summed E-state index contributed by atoms with van der Waals surface area (Å²) < 4.78 is 0. The van der Waals surface area contributed by atoms with Gasteiger partial charge in [0.1, 0.15) is 0 Å². The van der Waals surface area contributed by atoms with Gasteiger partial charge in [0, 0.05) is 17.5 Å². The fourth-order valence-electron chi connectivity index (χ4n) is 3.34. The minimum atomic E-state index is -0.732. The van der Waals surface area contributed by atoms with Crippen LogP contribution in [0.15, 0.2) is 66.2 Å². The minimum absolute atomic E-state index is 0.0891. The Kier molecular flexibility index (Phi) is 5.73. The van der Waals surface area contributed by atoms with Gasteiger partial charge in [0.05, 0.1) is 11.5 Å². The monoisotopic (exact) mass is 380 g/mol. The molecule has 0 aliphatic carbocycles. The number of aromatic nitrogens is 1. The molecule has 2 N–H and O–H groups in total. The summed E-state index contributed by atoms with van der Waals surface area (Å²) in [5.74, 6) is -0.258. The van der Waals surface area contributed by atoms with E-state index >= 15 is 0 Å². The molecular weight excluding hydrogens is 356 g/mol. The molecule has 3 aromatic rings. The average Bonchev–Trinajstić information content (AvgIpc) is 3.16. The Balaban J connectivity index is 2.04. The fraction of sp³-hybridized carbons (Fsp3) is 0.273. The predicted molar refractivity (Wildman–Crippen MR) is 110 cm³/mol. The van der Waals surface area contributed by atoms with Crippen molar-refractivity contribution in [2.45, 2.75) is 32.8 Å². The number of rotatable bonds is 6. The van der Waals surface area contributed by atoms with Crippen LogP contribution >= 0.6 is 11.3 Å². The Hall–Kier alpha value is -2.50. The van der Waals surface area contributed by atoms with Crippen molar-refractivity contribution in [1.29, 1.82) is 0 Å². The number of nitrogens with zero attached hydrogens (tertiary/aromatic N) is 1. The Labute approximate surface area is 163 Å². The highest BCUT2D eigenvalue weighted by atomic mass is 32.1. The zero-order chi connectivity index (χ0) is 19.4. The van der Waals surface area contributed by atoms with Crippen LogP contribution in [0.1, 0.15) is 49.5 Å². The zero-order valence-electron chi connectivity index (χ0n) is 15.7. The smallest absolute Gasteiger partial charge is 0.232 e. The molecule has 2 unspecified atom stereocenters. The normalized spacial score (nSPS) is 13.8. The second kappa shape index (κ2) is 8.03. The Bertz CT molecular complexity index is 890. The number of carbonyl (C=O) groups is 1. The lowest BCUT2D eigenvalue weighted by atomic mass is 9.70. The summed E-state index contributed by atoms with van der Waals surface area (Å²) in [5, 5.41) is 15.4. The van der Waals surface area contributed by atoms with Crippen LogP contribution in [0, 0.1) is 5.41 Å². The van der Waals surface area contributed by atoms with Crippen molar-refractivity contribution in [3.05, 3.63) is 82.9 Å². The molecule has 1 amide bonds. The molecule has 0 radical (unpaired) electrons. The summed E-state index contributed by atoms with van der Waals surface area (Å²) >= 11 is 1.40. The number of hydrogen-bond acceptors (Lipinski definition) is 4. The molecule has 2 atom stereocenters. The first kappa shape index (κ1) is 19.3. The molecule has 0 saturated heterocycles. The van der Waals surface area contributed by atoms with Crippen LogP contribution in [0.2, 0.25) is 0 Å². The van der Waals surface area contributed by atoms with Crippen molar-refractivity contribution in [3.63, 3.8) is 0 Å². The summed E-state index contributed by atoms with van der Waals surface area (Å²) in [6.07, 6.45) is 1.11. The van der Waals surface area contributed by atoms with E-state index in [0.29, 0.717) is 5.13 Å². The SMILES string of the molecule is CC(O)c1cccc(C(c2ccccc2)C(C)(C)C(=O)Nc2nccs2)c1. The van der Waals surface area contributed by atoms with Crippen LogP contribution in [0.4, 0.5) is 5.13 Å². The van der Waals surface area contributed by atoms with Gasteiger partial charge in [-0.25, -0.2) is 4.98 Å². The first-order valence-electron chi connectivity index (χ1n) is 8.93. The zero-order valence-corrected chi connectivity index (χ0v) is 16.5. The van der Waals surface area contributed by atoms with Gasteiger partial charge in [-0.1, -0.05) is 68.4 Å². The Morgan fingerprint density at radius 1 is 1.07 bits per heavy atom. The predicted octanol–water partition coefficient (Wildman–Crippen LogP) is 4.99. The van der Waals surface area contributed by atoms with Crippen LogP contribution in [0.3, 0.4) is 0 Å². The second-order valence-electron chi connectivity index (χ2n) is 7.20. The number of carbonyl (C=O) groups excluding carboxylic acids is 1. The van der Waals surface area contributed by atoms with Gasteiger partial charge >= 0.3 is 0 Å². The van der Waals surface area contributed by atoms with E-state index in [1.54, 1.807) is 13.1 Å². The molecule has 0 saturated carbocycles. The van der Waals surface area contributed by atoms with Crippen LogP contribution in [0.5, 0.6) is 0 Å². The van der Waals surface area contributed by atoms with Gasteiger partial charge in [-0.2, -0.15) is 0 Å². The summed E-state index contributed by atoms with van der Waals surface area (Å²) in [7, 11) is 0. The van der Waals surface area contributed by atoms with E-state index in [0.717, 1.165) is 16.7 Å². The molecule has 0 aliphatic heterocycles. The fourth-order valence-corrected chi connectivity index (χ4v) is 3.87. The highest BCUT2D eigenvalue weighted by Gasteiger charge is 2.39. The van der Waals surface area contributed by atoms with E-state index in [1.807, 2.05) is 73.8 Å². The van der Waals surface area contributed by atoms with E-state index in [9.17, 15) is 9.90 Å². The number of aliphatic hydroxyl groups is 1. The van der Waals surface area contributed by atoms with Gasteiger partial charge in [0.15, 0.2) is 5.13 Å². The maximum Gasteiger partial charge on any atom is 0.232 e. The number of amides is 1. The van der Waals surface area contributed by atoms with E-state index in [2.05, 4.69) is 10.3 Å². The molecular formula is C22H24N2O2S. The van der Waals surface area contributed by atoms with E-state index < -0.39 is 11.5 Å². The van der Waals surface area contributed by atoms with Crippen LogP contribution in [0.25, 0.3) is 0 Å². The standard InChI is InChI=1S/C22H24N2O2S/c1-15(25)17-10-7-11-18(14-17)19(16-8-5-4-6-9-16)22(2,3)20(26)24-21-23-12-13-27-21/h4-15,19,25H,1-3H3,(H,23,24,26). The van der Waals surface area contributed by atoms with Gasteiger partial charge < -0.3 is 10.4 Å². The molecule has 3 rings (SSSR count). The Morgan fingerprint density at radius 3 is 2.37 bits per heavy atom. The lowest BCUT2D eigenvalue weighted by Gasteiger charge is -2.34. The molecule has 27 heavy (non-hydrogen) atoms. The number of thiazole rings is 1. The van der Waals surface area contributed by atoms with E-state index in [4.69, 9.17) is 0 Å². The first-order valence-corrected chi connectivity index (χ1v) is 9.81. The molecule has 0 fully saturated rings. The van der Waals surface area contributed by atoms with Crippen molar-refractivity contribution in [1.82, 2.24) is 4.98 Å². The van der Waals surface area contributed by atoms with Crippen molar-refractivity contribution < 1.29 is 9.90 Å². The number of aliphatic hydroxyl groups excluding tert-OH is 1. The number of hydrogen-bond donors (Lipinski definition) is 2. The lowest BCUT2D eigenvalue weighted by Crippen LogP contribution is -2.37. The van der Waals surface area contributed by atoms with Crippen LogP contribution < -0.4 is 5.32 Å². The quantitative estimate of drug-likeness (QED) is 0.633. The average molecular weight is 381 g/mol. The third kappa shape index (κ3) is 4.26. The van der Waals surface area contributed by atoms with Gasteiger partial charge in [0.25, 0.3) is 0 Å². The molecule has 0 bridgehead atoms. The lowest BCUT2D eigenvalue weighted by molar-refractivity contribution is -0.124. The summed E-state index contributed by atoms with van der Waals surface area (Å²) in [6, 6.07) is 17.8. The largest absolute Gasteiger partial charge is 0.389 e. The number of anilines is 1. The highest BCUT2D eigenvalue weighted by Crippen LogP contribution is 2.42. The van der Waals surface area contributed by atoms with E-state index in [1.165, 1.54) is 11.3 Å². The molecule has 0 spiro atoms. The summed E-state index contributed by atoms with van der Waals surface area (Å²) in [4.78, 5) is 17.3. The van der Waals surface area contributed by atoms with Gasteiger partial charge in [-0.15, -0.1) is 11.3 Å². The molecule has 1 aromatic heterocycles. The van der Waals surface area contributed by atoms with E-state index in [-0.39, 0.29) is 11.8 Å². The van der Waals surface area contributed by atoms with Crippen molar-refractivity contribution in [2.75, 3.05) is 5.32 Å². The highest BCUT2D eigenvalue weighted by molar-refractivity contribution is 7.13. The second-order valence-corrected chi connectivity index (χ2v) is 8.10. The van der Waals surface area contributed by atoms with Crippen LogP contribution in [-0.4, -0.2) is 16.0 Å². The van der Waals surface area contributed by atoms with Crippen molar-refractivity contribution >= 4 is 22.4 Å². The molecule has 0 aliphatic rings. The maximum absolute atomic E-state index is 13.1. The van der Waals surface area contributed by atoms with Gasteiger partial charge in [-0.3, -0.25) is 4.79 Å². The van der Waals surface area contributed by atoms with Gasteiger partial charge in [0.2, 0.25) is 5.91 Å². The topological polar surface area (TPSA) is 62.2 Å². The third-order valence-electron chi connectivity index (χ3n) is 4.82. The third-order valence-corrected chi connectivity index (χ3v) is 5.51. The molecule has 4 nitrogen and oxygen atoms in total. The van der Waals surface area contributed by atoms with Gasteiger partial charge in [-0.05, 0) is 23.6 Å². The number of nitrogens with one attached hydrogen (secondary N) is 1. The minimum Gasteiger partial charge on any atom is -0.389 e. The molecule has 140 valence electrons. The Morgan fingerprint density at radius 2 is 1.74 bits per heavy atom. The van der Waals surface area contributed by atoms with Crippen molar-refractivity contribution in [2.24, 2.45) is 5.41 Å². The molecule has 1 heterocycles. The summed E-state index contributed by atoms with van der Waals surface area (Å²) in [5.41, 5.74) is 2.16.